The standard InChI is InChI=1S/C9H12O2/c1-7(9(3)10)5-6-8(2)11-4/h5-6H,1-2H2,3-4H3. The first-order chi connectivity index (χ1) is 5.07. The smallest absolute Gasteiger partial charge is 0.159 e. The van der Waals surface area contributed by atoms with Gasteiger partial charge in [-0.1, -0.05) is 13.2 Å². The number of allylic oxidation sites excluding steroid dienone is 3. The van der Waals surface area contributed by atoms with Crippen LogP contribution in [-0.4, -0.2) is 12.9 Å². The van der Waals surface area contributed by atoms with Crippen molar-refractivity contribution in [3.05, 3.63) is 36.6 Å². The number of ketones is 1. The van der Waals surface area contributed by atoms with E-state index in [1.54, 1.807) is 12.2 Å². The average molecular weight is 152 g/mol. The minimum Gasteiger partial charge on any atom is -0.497 e. The predicted octanol–water partition coefficient (Wildman–Crippen LogP) is 1.85. The maximum Gasteiger partial charge on any atom is 0.159 e. The molecule has 0 rings (SSSR count). The Balaban J connectivity index is 4.04. The summed E-state index contributed by atoms with van der Waals surface area (Å²) < 4.78 is 4.75. The predicted molar refractivity (Wildman–Crippen MR) is 45.1 cm³/mol. The summed E-state index contributed by atoms with van der Waals surface area (Å²) in [5, 5.41) is 0. The zero-order valence-corrected chi connectivity index (χ0v) is 6.89. The summed E-state index contributed by atoms with van der Waals surface area (Å²) in [6.45, 7) is 8.53. The van der Waals surface area contributed by atoms with Crippen molar-refractivity contribution in [1.82, 2.24) is 0 Å². The maximum atomic E-state index is 10.6. The van der Waals surface area contributed by atoms with E-state index in [0.29, 0.717) is 11.3 Å². The van der Waals surface area contributed by atoms with Crippen LogP contribution in [0.1, 0.15) is 6.92 Å². The van der Waals surface area contributed by atoms with Gasteiger partial charge >= 0.3 is 0 Å². The monoisotopic (exact) mass is 152 g/mol. The number of carbonyl (C=O) groups excluding carboxylic acids is 1. The van der Waals surface area contributed by atoms with Crippen LogP contribution < -0.4 is 0 Å². The molecule has 0 aromatic rings. The van der Waals surface area contributed by atoms with Gasteiger partial charge in [0.1, 0.15) is 5.76 Å². The summed E-state index contributed by atoms with van der Waals surface area (Å²) in [6, 6.07) is 0. The third-order valence-electron chi connectivity index (χ3n) is 1.18. The molecule has 2 nitrogen and oxygen atoms in total. The first-order valence-corrected chi connectivity index (χ1v) is 3.18. The van der Waals surface area contributed by atoms with Gasteiger partial charge in [-0.15, -0.1) is 0 Å². The van der Waals surface area contributed by atoms with Crippen LogP contribution >= 0.6 is 0 Å². The summed E-state index contributed by atoms with van der Waals surface area (Å²) >= 11 is 0. The Labute approximate surface area is 66.9 Å². The summed E-state index contributed by atoms with van der Waals surface area (Å²) in [5.74, 6) is 0.456. The van der Waals surface area contributed by atoms with Gasteiger partial charge in [0.15, 0.2) is 5.78 Å². The molecular formula is C9H12O2. The van der Waals surface area contributed by atoms with E-state index in [2.05, 4.69) is 13.2 Å². The number of Topliss-reactive ketones (excluding diaryl/α,β-unsaturated/α-hetero) is 1. The molecule has 2 heteroatoms. The van der Waals surface area contributed by atoms with E-state index in [9.17, 15) is 4.79 Å². The topological polar surface area (TPSA) is 26.3 Å². The largest absolute Gasteiger partial charge is 0.497 e. The van der Waals surface area contributed by atoms with E-state index >= 15 is 0 Å². The zero-order valence-electron chi connectivity index (χ0n) is 6.89. The third kappa shape index (κ3) is 4.14. The fraction of sp³-hybridized carbons (Fsp3) is 0.222. The Bertz CT molecular complexity index is 212. The molecule has 0 aromatic carbocycles. The van der Waals surface area contributed by atoms with E-state index in [1.165, 1.54) is 14.0 Å². The zero-order chi connectivity index (χ0) is 8.85. The quantitative estimate of drug-likeness (QED) is 0.349. The third-order valence-corrected chi connectivity index (χ3v) is 1.18. The van der Waals surface area contributed by atoms with Crippen LogP contribution in [0, 0.1) is 0 Å². The Morgan fingerprint density at radius 3 is 2.27 bits per heavy atom. The Morgan fingerprint density at radius 1 is 1.36 bits per heavy atom. The number of hydrogen-bond donors (Lipinski definition) is 0. The lowest BCUT2D eigenvalue weighted by atomic mass is 10.2. The highest BCUT2D eigenvalue weighted by molar-refractivity contribution is 5.95. The molecule has 0 aliphatic carbocycles. The second-order valence-electron chi connectivity index (χ2n) is 2.09. The number of hydrogen-bond acceptors (Lipinski definition) is 2. The molecule has 0 unspecified atom stereocenters. The molecule has 60 valence electrons. The molecule has 0 spiro atoms. The number of ether oxygens (including phenoxy) is 1. The van der Waals surface area contributed by atoms with Gasteiger partial charge in [0, 0.05) is 5.57 Å². The minimum atomic E-state index is -0.0508. The van der Waals surface area contributed by atoms with Crippen molar-refractivity contribution in [2.45, 2.75) is 6.92 Å². The average Bonchev–Trinajstić information content (AvgIpc) is 1.99. The summed E-state index contributed by atoms with van der Waals surface area (Å²) in [6.07, 6.45) is 3.18. The first-order valence-electron chi connectivity index (χ1n) is 3.18. The lowest BCUT2D eigenvalue weighted by Crippen LogP contribution is -1.90. The molecule has 11 heavy (non-hydrogen) atoms. The van der Waals surface area contributed by atoms with Crippen LogP contribution in [0.15, 0.2) is 36.6 Å². The van der Waals surface area contributed by atoms with Crippen molar-refractivity contribution in [2.75, 3.05) is 7.11 Å². The highest BCUT2D eigenvalue weighted by Crippen LogP contribution is 1.98. The molecule has 0 amide bonds. The van der Waals surface area contributed by atoms with Gasteiger partial charge in [-0.3, -0.25) is 4.79 Å². The van der Waals surface area contributed by atoms with Gasteiger partial charge in [0.2, 0.25) is 0 Å². The molecule has 0 bridgehead atoms. The van der Waals surface area contributed by atoms with Crippen molar-refractivity contribution in [2.24, 2.45) is 0 Å². The Hall–Kier alpha value is -1.31. The van der Waals surface area contributed by atoms with Gasteiger partial charge < -0.3 is 4.74 Å². The number of rotatable bonds is 4. The Morgan fingerprint density at radius 2 is 1.91 bits per heavy atom. The maximum absolute atomic E-state index is 10.6. The molecule has 0 saturated heterocycles. The van der Waals surface area contributed by atoms with Gasteiger partial charge in [-0.05, 0) is 19.1 Å². The SMILES string of the molecule is C=C(C=CC(=C)C(C)=O)OC. The van der Waals surface area contributed by atoms with E-state index in [-0.39, 0.29) is 5.78 Å². The number of carbonyl (C=O) groups is 1. The first kappa shape index (κ1) is 9.69. The highest BCUT2D eigenvalue weighted by atomic mass is 16.5. The van der Waals surface area contributed by atoms with Crippen molar-refractivity contribution in [1.29, 1.82) is 0 Å². The van der Waals surface area contributed by atoms with Gasteiger partial charge in [0.25, 0.3) is 0 Å². The van der Waals surface area contributed by atoms with Crippen LogP contribution in [0.5, 0.6) is 0 Å². The molecule has 0 saturated carbocycles. The summed E-state index contributed by atoms with van der Waals surface area (Å²) in [5.41, 5.74) is 0.447. The molecule has 0 atom stereocenters. The molecule has 0 fully saturated rings. The van der Waals surface area contributed by atoms with E-state index in [4.69, 9.17) is 4.74 Å². The lowest BCUT2D eigenvalue weighted by Gasteiger charge is -1.95. The molecule has 0 aromatic heterocycles. The normalized spacial score (nSPS) is 9.64. The van der Waals surface area contributed by atoms with Crippen molar-refractivity contribution in [3.8, 4) is 0 Å². The second kappa shape index (κ2) is 4.50. The molecule has 0 radical (unpaired) electrons. The molecule has 0 aliphatic heterocycles. The van der Waals surface area contributed by atoms with E-state index in [0.717, 1.165) is 0 Å². The highest BCUT2D eigenvalue weighted by Gasteiger charge is 1.93. The molecule has 0 heterocycles. The Kier molecular flexibility index (Phi) is 3.96. The van der Waals surface area contributed by atoms with Crippen LogP contribution in [0.3, 0.4) is 0 Å². The van der Waals surface area contributed by atoms with Gasteiger partial charge in [-0.25, -0.2) is 0 Å². The number of methoxy groups -OCH3 is 1. The van der Waals surface area contributed by atoms with E-state index in [1.807, 2.05) is 0 Å². The van der Waals surface area contributed by atoms with Crippen molar-refractivity contribution >= 4 is 5.78 Å². The summed E-state index contributed by atoms with van der Waals surface area (Å²) in [7, 11) is 1.52. The molecule has 0 N–H and O–H groups in total. The van der Waals surface area contributed by atoms with Crippen molar-refractivity contribution < 1.29 is 9.53 Å². The van der Waals surface area contributed by atoms with E-state index < -0.39 is 0 Å². The fourth-order valence-electron chi connectivity index (χ4n) is 0.379. The lowest BCUT2D eigenvalue weighted by molar-refractivity contribution is -0.113. The summed E-state index contributed by atoms with van der Waals surface area (Å²) in [4.78, 5) is 10.6. The fourth-order valence-corrected chi connectivity index (χ4v) is 0.379. The van der Waals surface area contributed by atoms with Crippen LogP contribution in [-0.2, 0) is 9.53 Å². The molecule has 0 aliphatic rings. The minimum absolute atomic E-state index is 0.0508. The van der Waals surface area contributed by atoms with Crippen LogP contribution in [0.4, 0.5) is 0 Å². The van der Waals surface area contributed by atoms with Crippen molar-refractivity contribution in [3.63, 3.8) is 0 Å². The molecular weight excluding hydrogens is 140 g/mol. The van der Waals surface area contributed by atoms with Gasteiger partial charge in [0.05, 0.1) is 7.11 Å². The van der Waals surface area contributed by atoms with Crippen LogP contribution in [0.2, 0.25) is 0 Å². The van der Waals surface area contributed by atoms with Gasteiger partial charge in [-0.2, -0.15) is 0 Å². The second-order valence-corrected chi connectivity index (χ2v) is 2.09. The van der Waals surface area contributed by atoms with Crippen LogP contribution in [0.25, 0.3) is 0 Å².